The summed E-state index contributed by atoms with van der Waals surface area (Å²) in [6.07, 6.45) is 49.4. The highest BCUT2D eigenvalue weighted by Gasteiger charge is 2.51. The van der Waals surface area contributed by atoms with Crippen molar-refractivity contribution in [2.75, 3.05) is 19.8 Å². The van der Waals surface area contributed by atoms with E-state index in [1.165, 1.54) is 0 Å². The minimum Gasteiger partial charge on any atom is -0.394 e. The van der Waals surface area contributed by atoms with Crippen molar-refractivity contribution in [3.05, 3.63) is 134 Å². The molecule has 2 aliphatic heterocycles. The normalized spacial score (nSPS) is 26.1. The summed E-state index contributed by atoms with van der Waals surface area (Å²) in [6.45, 7) is 2.47. The van der Waals surface area contributed by atoms with E-state index in [-0.39, 0.29) is 18.9 Å². The standard InChI is InChI=1S/C61H97NO13/c1-3-5-7-9-11-13-15-16-17-18-19-20-21-22-23-24-25-26-27-28-29-30-31-32-33-34-35-37-39-41-43-45-53(66)62-49(50(65)44-42-40-38-36-14-12-10-8-6-4-2)48-72-60-58(71)56(69)59(52(47-64)74-60)75-61-57(70)55(68)54(67)51(46-63)73-61/h5-8,11,13-14,16-17,19-20,22-23,25-26,28-29,31-32,36,42,44,49-52,54-61,63-65,67-71H,3-4,9-10,12,15,18,21,24,27,30,33-35,37-41,43,45-48H2,1-2H3,(H,62,66)/b7-5-,8-6+,13-11-,17-16-,20-19-,23-22-,26-25-,29-28-,32-31-,36-14+,44-42+. The van der Waals surface area contributed by atoms with Gasteiger partial charge in [-0.15, -0.1) is 0 Å². The lowest BCUT2D eigenvalue weighted by molar-refractivity contribution is -0.359. The number of nitrogens with one attached hydrogen (secondary N) is 1. The number of aliphatic hydroxyl groups excluding tert-OH is 8. The summed E-state index contributed by atoms with van der Waals surface area (Å²) in [5, 5.41) is 86.7. The lowest BCUT2D eigenvalue weighted by Gasteiger charge is -2.46. The number of aliphatic hydroxyl groups is 8. The first-order chi connectivity index (χ1) is 36.6. The summed E-state index contributed by atoms with van der Waals surface area (Å²) in [7, 11) is 0. The fourth-order valence-corrected chi connectivity index (χ4v) is 8.11. The first kappa shape index (κ1) is 67.2. The second-order valence-corrected chi connectivity index (χ2v) is 18.9. The van der Waals surface area contributed by atoms with Crippen LogP contribution in [0.2, 0.25) is 0 Å². The predicted octanol–water partition coefficient (Wildman–Crippen LogP) is 8.82. The number of allylic oxidation sites excluding steroid dienone is 21. The van der Waals surface area contributed by atoms with Crippen LogP contribution in [-0.2, 0) is 23.7 Å². The molecule has 12 unspecified atom stereocenters. The van der Waals surface area contributed by atoms with Crippen LogP contribution in [0.4, 0.5) is 0 Å². The summed E-state index contributed by atoms with van der Waals surface area (Å²) in [4.78, 5) is 13.2. The van der Waals surface area contributed by atoms with E-state index in [9.17, 15) is 45.6 Å². The maximum Gasteiger partial charge on any atom is 0.220 e. The van der Waals surface area contributed by atoms with Gasteiger partial charge >= 0.3 is 0 Å². The molecule has 2 fully saturated rings. The monoisotopic (exact) mass is 1050 g/mol. The van der Waals surface area contributed by atoms with Crippen LogP contribution in [0.15, 0.2) is 134 Å². The number of carbonyl (C=O) groups is 1. The van der Waals surface area contributed by atoms with Gasteiger partial charge in [0.05, 0.1) is 32.0 Å². The van der Waals surface area contributed by atoms with E-state index in [1.807, 2.05) is 6.08 Å². The number of hydrogen-bond donors (Lipinski definition) is 9. The van der Waals surface area contributed by atoms with Crippen LogP contribution in [-0.4, -0.2) is 140 Å². The highest BCUT2D eigenvalue weighted by Crippen LogP contribution is 2.30. The molecule has 0 aromatic heterocycles. The molecule has 12 atom stereocenters. The average Bonchev–Trinajstić information content (AvgIpc) is 3.41. The molecule has 1 amide bonds. The largest absolute Gasteiger partial charge is 0.394 e. The zero-order valence-electron chi connectivity index (χ0n) is 45.2. The zero-order chi connectivity index (χ0) is 54.6. The van der Waals surface area contributed by atoms with Crippen molar-refractivity contribution >= 4 is 5.91 Å². The van der Waals surface area contributed by atoms with E-state index in [0.717, 1.165) is 116 Å². The van der Waals surface area contributed by atoms with E-state index in [0.29, 0.717) is 12.8 Å². The molecule has 2 saturated heterocycles. The van der Waals surface area contributed by atoms with Crippen molar-refractivity contribution in [3.63, 3.8) is 0 Å². The Hall–Kier alpha value is -3.87. The second-order valence-electron chi connectivity index (χ2n) is 18.9. The van der Waals surface area contributed by atoms with Crippen LogP contribution >= 0.6 is 0 Å². The Morgan fingerprint density at radius 1 is 0.480 bits per heavy atom. The third-order valence-electron chi connectivity index (χ3n) is 12.6. The molecule has 0 radical (unpaired) electrons. The van der Waals surface area contributed by atoms with Crippen LogP contribution in [0.1, 0.15) is 149 Å². The number of unbranched alkanes of at least 4 members (excludes halogenated alkanes) is 8. The van der Waals surface area contributed by atoms with Crippen LogP contribution in [0.3, 0.4) is 0 Å². The van der Waals surface area contributed by atoms with Gasteiger partial charge in [-0.25, -0.2) is 0 Å². The summed E-state index contributed by atoms with van der Waals surface area (Å²) in [5.74, 6) is -0.279. The zero-order valence-corrected chi connectivity index (χ0v) is 45.2. The van der Waals surface area contributed by atoms with Gasteiger partial charge in [-0.05, 0) is 103 Å². The van der Waals surface area contributed by atoms with Gasteiger partial charge in [-0.1, -0.05) is 173 Å². The lowest BCUT2D eigenvalue weighted by atomic mass is 9.97. The molecule has 0 aromatic carbocycles. The second kappa shape index (κ2) is 45.2. The van der Waals surface area contributed by atoms with Gasteiger partial charge < -0.3 is 65.1 Å². The van der Waals surface area contributed by atoms with Gasteiger partial charge in [0.1, 0.15) is 48.8 Å². The summed E-state index contributed by atoms with van der Waals surface area (Å²) >= 11 is 0. The molecule has 424 valence electrons. The van der Waals surface area contributed by atoms with Crippen LogP contribution < -0.4 is 5.32 Å². The fraction of sp³-hybridized carbons (Fsp3) is 0.623. The number of rotatable bonds is 41. The van der Waals surface area contributed by atoms with Crippen molar-refractivity contribution in [3.8, 4) is 0 Å². The first-order valence-electron chi connectivity index (χ1n) is 27.9. The number of hydrogen-bond acceptors (Lipinski definition) is 13. The molecule has 75 heavy (non-hydrogen) atoms. The molecule has 0 saturated carbocycles. The Bertz CT molecular complexity index is 1760. The molecule has 9 N–H and O–H groups in total. The van der Waals surface area contributed by atoms with Gasteiger partial charge in [0.2, 0.25) is 5.91 Å². The van der Waals surface area contributed by atoms with E-state index in [4.69, 9.17) is 18.9 Å². The fourth-order valence-electron chi connectivity index (χ4n) is 8.11. The van der Waals surface area contributed by atoms with Gasteiger partial charge in [0.15, 0.2) is 12.6 Å². The molecular formula is C61H97NO13. The summed E-state index contributed by atoms with van der Waals surface area (Å²) in [6, 6.07) is -0.954. The maximum absolute atomic E-state index is 13.2. The van der Waals surface area contributed by atoms with E-state index >= 15 is 0 Å². The SMILES string of the molecule is CC/C=C\C/C=C\C/C=C\C/C=C\C/C=C\C/C=C\C/C=C\C/C=C\CCCCCCCCC(=O)NC(COC1OC(CO)C(OC2OC(CO)C(O)C(O)C2O)C(O)C1O)C(O)/C=C/CC/C=C/CC/C=C/CC. The van der Waals surface area contributed by atoms with Gasteiger partial charge in [0.25, 0.3) is 0 Å². The number of carbonyl (C=O) groups excluding carboxylic acids is 1. The third kappa shape index (κ3) is 31.2. The predicted molar refractivity (Wildman–Crippen MR) is 299 cm³/mol. The van der Waals surface area contributed by atoms with Crippen LogP contribution in [0.5, 0.6) is 0 Å². The molecule has 2 aliphatic rings. The highest BCUT2D eigenvalue weighted by molar-refractivity contribution is 5.76. The Labute approximate surface area is 450 Å². The molecule has 0 aromatic rings. The smallest absolute Gasteiger partial charge is 0.220 e. The van der Waals surface area contributed by atoms with Crippen LogP contribution in [0.25, 0.3) is 0 Å². The summed E-state index contributed by atoms with van der Waals surface area (Å²) in [5.41, 5.74) is 0. The quantitative estimate of drug-likeness (QED) is 0.0206. The first-order valence-corrected chi connectivity index (χ1v) is 27.9. The van der Waals surface area contributed by atoms with Crippen molar-refractivity contribution < 1.29 is 64.6 Å². The van der Waals surface area contributed by atoms with Crippen molar-refractivity contribution in [2.24, 2.45) is 0 Å². The summed E-state index contributed by atoms with van der Waals surface area (Å²) < 4.78 is 22.6. The average molecular weight is 1050 g/mol. The minimum absolute atomic E-state index is 0.242. The van der Waals surface area contributed by atoms with Gasteiger partial charge in [-0.3, -0.25) is 4.79 Å². The van der Waals surface area contributed by atoms with E-state index in [2.05, 4.69) is 141 Å². The number of amides is 1. The minimum atomic E-state index is -1.80. The van der Waals surface area contributed by atoms with Crippen LogP contribution in [0, 0.1) is 0 Å². The lowest BCUT2D eigenvalue weighted by Crippen LogP contribution is -2.65. The Kier molecular flexibility index (Phi) is 40.5. The molecule has 0 bridgehead atoms. The Morgan fingerprint density at radius 3 is 1.41 bits per heavy atom. The van der Waals surface area contributed by atoms with Crippen molar-refractivity contribution in [2.45, 2.75) is 222 Å². The molecule has 14 heteroatoms. The Morgan fingerprint density at radius 2 is 0.893 bits per heavy atom. The molecule has 14 nitrogen and oxygen atoms in total. The molecule has 2 rings (SSSR count). The molecule has 0 aliphatic carbocycles. The Balaban J connectivity index is 1.72. The molecular weight excluding hydrogens is 955 g/mol. The topological polar surface area (TPSA) is 228 Å². The molecule has 2 heterocycles. The van der Waals surface area contributed by atoms with E-state index < -0.39 is 86.8 Å². The third-order valence-corrected chi connectivity index (χ3v) is 12.6. The highest BCUT2D eigenvalue weighted by atomic mass is 16.7. The van der Waals surface area contributed by atoms with Gasteiger partial charge in [0, 0.05) is 6.42 Å². The maximum atomic E-state index is 13.2. The van der Waals surface area contributed by atoms with Gasteiger partial charge in [-0.2, -0.15) is 0 Å². The van der Waals surface area contributed by atoms with Crippen molar-refractivity contribution in [1.29, 1.82) is 0 Å². The van der Waals surface area contributed by atoms with E-state index in [1.54, 1.807) is 6.08 Å². The molecule has 0 spiro atoms. The number of ether oxygens (including phenoxy) is 4. The van der Waals surface area contributed by atoms with Crippen molar-refractivity contribution in [1.82, 2.24) is 5.32 Å².